The highest BCUT2D eigenvalue weighted by Gasteiger charge is 2.19. The van der Waals surface area contributed by atoms with E-state index in [1.165, 1.54) is 46.6 Å². The molecule has 0 saturated heterocycles. The van der Waals surface area contributed by atoms with Gasteiger partial charge in [0, 0.05) is 18.2 Å². The van der Waals surface area contributed by atoms with E-state index < -0.39 is 10.1 Å². The zero-order valence-corrected chi connectivity index (χ0v) is 19.7. The minimum atomic E-state index is -4.07. The van der Waals surface area contributed by atoms with Crippen molar-refractivity contribution in [1.82, 2.24) is 0 Å². The van der Waals surface area contributed by atoms with Gasteiger partial charge in [-0.1, -0.05) is 17.7 Å². The lowest BCUT2D eigenvalue weighted by molar-refractivity contribution is 0.324. The zero-order chi connectivity index (χ0) is 24.0. The van der Waals surface area contributed by atoms with Crippen LogP contribution >= 0.6 is 0 Å². The van der Waals surface area contributed by atoms with Crippen molar-refractivity contribution < 1.29 is 31.5 Å². The highest BCUT2D eigenvalue weighted by Crippen LogP contribution is 2.41. The molecule has 0 amide bonds. The van der Waals surface area contributed by atoms with E-state index in [4.69, 9.17) is 23.1 Å². The van der Waals surface area contributed by atoms with Crippen LogP contribution in [0.25, 0.3) is 0 Å². The van der Waals surface area contributed by atoms with E-state index in [1.54, 1.807) is 36.4 Å². The molecule has 0 heterocycles. The van der Waals surface area contributed by atoms with Crippen LogP contribution in [-0.2, 0) is 10.1 Å². The Morgan fingerprint density at radius 3 is 1.73 bits per heavy atom. The van der Waals surface area contributed by atoms with Crippen LogP contribution in [0.5, 0.6) is 28.7 Å². The normalized spacial score (nSPS) is 11.3. The first kappa shape index (κ1) is 23.9. The highest BCUT2D eigenvalue weighted by molar-refractivity contribution is 7.87. The molecule has 33 heavy (non-hydrogen) atoms. The summed E-state index contributed by atoms with van der Waals surface area (Å²) in [6.45, 7) is 1.86. The van der Waals surface area contributed by atoms with Gasteiger partial charge in [0.1, 0.15) is 4.90 Å². The van der Waals surface area contributed by atoms with Gasteiger partial charge in [-0.2, -0.15) is 18.6 Å². The monoisotopic (exact) mass is 472 g/mol. The Labute approximate surface area is 192 Å². The number of nitrogens with zero attached hydrogens (tertiary/aromatic N) is 2. The molecule has 3 rings (SSSR count). The zero-order valence-electron chi connectivity index (χ0n) is 18.9. The Balaban J connectivity index is 1.93. The van der Waals surface area contributed by atoms with E-state index in [1.807, 2.05) is 6.92 Å². The van der Waals surface area contributed by atoms with Crippen molar-refractivity contribution in [2.75, 3.05) is 28.4 Å². The highest BCUT2D eigenvalue weighted by atomic mass is 32.2. The molecule has 0 aliphatic rings. The molecule has 0 atom stereocenters. The van der Waals surface area contributed by atoms with Crippen LogP contribution in [0.3, 0.4) is 0 Å². The number of hydrogen-bond acceptors (Lipinski definition) is 9. The molecule has 0 fully saturated rings. The van der Waals surface area contributed by atoms with Crippen LogP contribution in [0.1, 0.15) is 5.56 Å². The second-order valence-corrected chi connectivity index (χ2v) is 8.32. The first-order chi connectivity index (χ1) is 15.8. The fraction of sp³-hybridized carbons (Fsp3) is 0.217. The summed E-state index contributed by atoms with van der Waals surface area (Å²) >= 11 is 0. The second-order valence-electron chi connectivity index (χ2n) is 6.77. The van der Waals surface area contributed by atoms with Crippen LogP contribution in [0, 0.1) is 6.92 Å². The molecule has 0 bridgehead atoms. The Kier molecular flexibility index (Phi) is 7.39. The SMILES string of the molecule is COc1ccc(N=Nc2cc(OC)c(OC)c(OC)c2)cc1OS(=O)(=O)c1ccc(C)cc1. The molecule has 0 unspecified atom stereocenters. The first-order valence-corrected chi connectivity index (χ1v) is 11.1. The third kappa shape index (κ3) is 5.53. The van der Waals surface area contributed by atoms with E-state index in [2.05, 4.69) is 10.2 Å². The molecule has 0 spiro atoms. The summed E-state index contributed by atoms with van der Waals surface area (Å²) in [6, 6.07) is 14.2. The molecule has 0 N–H and O–H groups in total. The standard InChI is InChI=1S/C23H24N2O7S/c1-15-6-9-18(10-7-15)33(26,27)32-20-12-16(8-11-19(20)28-2)24-25-17-13-21(29-3)23(31-5)22(14-17)30-4/h6-14H,1-5H3. The molecule has 0 aliphatic heterocycles. The van der Waals surface area contributed by atoms with E-state index in [9.17, 15) is 8.42 Å². The van der Waals surface area contributed by atoms with Gasteiger partial charge in [-0.25, -0.2) is 0 Å². The fourth-order valence-electron chi connectivity index (χ4n) is 2.90. The molecular weight excluding hydrogens is 448 g/mol. The van der Waals surface area contributed by atoms with E-state index in [0.29, 0.717) is 28.6 Å². The van der Waals surface area contributed by atoms with Crippen LogP contribution < -0.4 is 23.1 Å². The van der Waals surface area contributed by atoms with E-state index >= 15 is 0 Å². The lowest BCUT2D eigenvalue weighted by Gasteiger charge is -2.12. The first-order valence-electron chi connectivity index (χ1n) is 9.72. The minimum Gasteiger partial charge on any atom is -0.493 e. The third-order valence-corrected chi connectivity index (χ3v) is 5.84. The van der Waals surface area contributed by atoms with Gasteiger partial charge in [0.25, 0.3) is 0 Å². The van der Waals surface area contributed by atoms with E-state index in [0.717, 1.165) is 5.56 Å². The maximum absolute atomic E-state index is 12.7. The van der Waals surface area contributed by atoms with Gasteiger partial charge in [-0.05, 0) is 31.2 Å². The number of hydrogen-bond donors (Lipinski definition) is 0. The smallest absolute Gasteiger partial charge is 0.339 e. The van der Waals surface area contributed by atoms with Gasteiger partial charge in [0.2, 0.25) is 5.75 Å². The summed E-state index contributed by atoms with van der Waals surface area (Å²) in [7, 11) is 1.85. The summed E-state index contributed by atoms with van der Waals surface area (Å²) in [5.41, 5.74) is 1.72. The van der Waals surface area contributed by atoms with E-state index in [-0.39, 0.29) is 16.4 Å². The number of rotatable bonds is 9. The molecule has 3 aromatic carbocycles. The predicted octanol–water partition coefficient (Wildman–Crippen LogP) is 5.21. The summed E-state index contributed by atoms with van der Waals surface area (Å²) in [5.74, 6) is 1.50. The Hall–Kier alpha value is -3.79. The van der Waals surface area contributed by atoms with Crippen molar-refractivity contribution in [1.29, 1.82) is 0 Å². The van der Waals surface area contributed by atoms with Crippen molar-refractivity contribution >= 4 is 21.5 Å². The molecular formula is C23H24N2O7S. The fourth-order valence-corrected chi connectivity index (χ4v) is 3.84. The number of methoxy groups -OCH3 is 4. The number of aryl methyl sites for hydroxylation is 1. The average Bonchev–Trinajstić information content (AvgIpc) is 2.82. The summed E-state index contributed by atoms with van der Waals surface area (Å²) < 4.78 is 51.9. The quantitative estimate of drug-likeness (QED) is 0.311. The Bertz CT molecular complexity index is 1230. The van der Waals surface area contributed by atoms with Crippen LogP contribution in [-0.4, -0.2) is 36.9 Å². The molecule has 0 aliphatic carbocycles. The molecule has 3 aromatic rings. The maximum atomic E-state index is 12.7. The van der Waals surface area contributed by atoms with Crippen molar-refractivity contribution in [3.8, 4) is 28.7 Å². The molecule has 0 saturated carbocycles. The minimum absolute atomic E-state index is 0.0144. The molecule has 10 heteroatoms. The Morgan fingerprint density at radius 1 is 0.636 bits per heavy atom. The van der Waals surface area contributed by atoms with Crippen LogP contribution in [0.15, 0.2) is 69.7 Å². The van der Waals surface area contributed by atoms with Crippen molar-refractivity contribution in [2.45, 2.75) is 11.8 Å². The molecule has 9 nitrogen and oxygen atoms in total. The van der Waals surface area contributed by atoms with Gasteiger partial charge in [-0.15, -0.1) is 0 Å². The third-order valence-electron chi connectivity index (χ3n) is 4.59. The van der Waals surface area contributed by atoms with Gasteiger partial charge in [-0.3, -0.25) is 0 Å². The number of benzene rings is 3. The average molecular weight is 473 g/mol. The molecule has 174 valence electrons. The van der Waals surface area contributed by atoms with Gasteiger partial charge in [0.05, 0.1) is 39.8 Å². The lowest BCUT2D eigenvalue weighted by atomic mass is 10.2. The predicted molar refractivity (Wildman–Crippen MR) is 122 cm³/mol. The summed E-state index contributed by atoms with van der Waals surface area (Å²) in [4.78, 5) is 0.0274. The van der Waals surface area contributed by atoms with Gasteiger partial charge >= 0.3 is 10.1 Å². The summed E-state index contributed by atoms with van der Waals surface area (Å²) in [5, 5.41) is 8.37. The summed E-state index contributed by atoms with van der Waals surface area (Å²) in [6.07, 6.45) is 0. The number of ether oxygens (including phenoxy) is 4. The van der Waals surface area contributed by atoms with Crippen LogP contribution in [0.4, 0.5) is 11.4 Å². The topological polar surface area (TPSA) is 105 Å². The molecule has 0 radical (unpaired) electrons. The lowest BCUT2D eigenvalue weighted by Crippen LogP contribution is -2.10. The maximum Gasteiger partial charge on any atom is 0.339 e. The van der Waals surface area contributed by atoms with Crippen molar-refractivity contribution in [3.05, 3.63) is 60.2 Å². The Morgan fingerprint density at radius 2 is 1.18 bits per heavy atom. The van der Waals surface area contributed by atoms with Crippen molar-refractivity contribution in [2.24, 2.45) is 10.2 Å². The van der Waals surface area contributed by atoms with Crippen LogP contribution in [0.2, 0.25) is 0 Å². The van der Waals surface area contributed by atoms with Gasteiger partial charge < -0.3 is 23.1 Å². The molecule has 0 aromatic heterocycles. The number of azo groups is 1. The second kappa shape index (κ2) is 10.2. The van der Waals surface area contributed by atoms with Gasteiger partial charge in [0.15, 0.2) is 23.0 Å². The largest absolute Gasteiger partial charge is 0.493 e. The van der Waals surface area contributed by atoms with Crippen molar-refractivity contribution in [3.63, 3.8) is 0 Å².